The van der Waals surface area contributed by atoms with Gasteiger partial charge in [0.1, 0.15) is 5.15 Å². The first-order valence-electron chi connectivity index (χ1n) is 3.96. The first-order valence-corrected chi connectivity index (χ1v) is 4.34. The normalized spacial score (nSPS) is 9.93. The summed E-state index contributed by atoms with van der Waals surface area (Å²) in [5.74, 6) is -1.73. The lowest BCUT2D eigenvalue weighted by Crippen LogP contribution is -2.21. The topological polar surface area (TPSA) is 61.2 Å². The molecule has 0 amide bonds. The van der Waals surface area contributed by atoms with E-state index in [0.717, 1.165) is 0 Å². The molecule has 0 aromatic carbocycles. The zero-order chi connectivity index (χ0) is 10.7. The second-order valence-corrected chi connectivity index (χ2v) is 2.90. The fourth-order valence-electron chi connectivity index (χ4n) is 0.888. The minimum atomic E-state index is -0.919. The van der Waals surface area contributed by atoms with Crippen molar-refractivity contribution in [3.05, 3.63) is 17.2 Å². The lowest BCUT2D eigenvalue weighted by Gasteiger charge is -2.00. The van der Waals surface area contributed by atoms with Crippen molar-refractivity contribution in [1.29, 1.82) is 0 Å². The number of esters is 1. The van der Waals surface area contributed by atoms with Crippen molar-refractivity contribution < 1.29 is 14.3 Å². The maximum absolute atomic E-state index is 11.4. The largest absolute Gasteiger partial charge is 0.460 e. The Labute approximate surface area is 85.6 Å². The van der Waals surface area contributed by atoms with Crippen molar-refractivity contribution in [2.45, 2.75) is 6.92 Å². The second kappa shape index (κ2) is 4.23. The SMILES string of the molecule is CCOC(=O)C(=O)c1ncc(Cl)n1C. The van der Waals surface area contributed by atoms with Gasteiger partial charge in [0.2, 0.25) is 0 Å². The molecule has 5 nitrogen and oxygen atoms in total. The van der Waals surface area contributed by atoms with Crippen LogP contribution in [0, 0.1) is 0 Å². The Bertz CT molecular complexity index is 373. The molecule has 6 heteroatoms. The van der Waals surface area contributed by atoms with Crippen molar-refractivity contribution in [3.63, 3.8) is 0 Å². The summed E-state index contributed by atoms with van der Waals surface area (Å²) in [5.41, 5.74) is 0. The summed E-state index contributed by atoms with van der Waals surface area (Å²) in [6.07, 6.45) is 1.30. The third-order valence-corrected chi connectivity index (χ3v) is 1.95. The van der Waals surface area contributed by atoms with Gasteiger partial charge in [0.25, 0.3) is 0 Å². The molecule has 1 aromatic rings. The molecule has 1 rings (SSSR count). The second-order valence-electron chi connectivity index (χ2n) is 2.51. The summed E-state index contributed by atoms with van der Waals surface area (Å²) in [6.45, 7) is 1.78. The maximum atomic E-state index is 11.4. The Morgan fingerprint density at radius 2 is 2.29 bits per heavy atom. The van der Waals surface area contributed by atoms with Gasteiger partial charge in [0, 0.05) is 7.05 Å². The Hall–Kier alpha value is -1.36. The smallest absolute Gasteiger partial charge is 0.383 e. The summed E-state index contributed by atoms with van der Waals surface area (Å²) in [6, 6.07) is 0. The number of aromatic nitrogens is 2. The highest BCUT2D eigenvalue weighted by molar-refractivity contribution is 6.40. The molecule has 0 atom stereocenters. The molecule has 0 aliphatic carbocycles. The van der Waals surface area contributed by atoms with Crippen LogP contribution in [0.4, 0.5) is 0 Å². The van der Waals surface area contributed by atoms with E-state index in [9.17, 15) is 9.59 Å². The summed E-state index contributed by atoms with van der Waals surface area (Å²) in [5, 5.41) is 0.289. The molecule has 76 valence electrons. The van der Waals surface area contributed by atoms with E-state index >= 15 is 0 Å². The van der Waals surface area contributed by atoms with Gasteiger partial charge in [-0.1, -0.05) is 11.6 Å². The molecule has 0 aliphatic heterocycles. The van der Waals surface area contributed by atoms with Gasteiger partial charge >= 0.3 is 11.8 Å². The van der Waals surface area contributed by atoms with Crippen molar-refractivity contribution in [3.8, 4) is 0 Å². The Morgan fingerprint density at radius 3 is 2.71 bits per heavy atom. The number of hydrogen-bond donors (Lipinski definition) is 0. The predicted octanol–water partition coefficient (Wildman–Crippen LogP) is 0.819. The van der Waals surface area contributed by atoms with Gasteiger partial charge in [-0.2, -0.15) is 0 Å². The summed E-state index contributed by atoms with van der Waals surface area (Å²) in [4.78, 5) is 26.1. The van der Waals surface area contributed by atoms with E-state index in [-0.39, 0.29) is 17.6 Å². The molecule has 0 saturated carbocycles. The predicted molar refractivity (Wildman–Crippen MR) is 49.2 cm³/mol. The number of Topliss-reactive ketones (excluding diaryl/α,β-unsaturated/α-hetero) is 1. The third kappa shape index (κ3) is 1.93. The number of hydrogen-bond acceptors (Lipinski definition) is 4. The molecule has 0 radical (unpaired) electrons. The van der Waals surface area contributed by atoms with E-state index in [1.54, 1.807) is 14.0 Å². The average Bonchev–Trinajstić information content (AvgIpc) is 2.47. The standard InChI is InChI=1S/C8H9ClN2O3/c1-3-14-8(13)6(12)7-10-4-5(9)11(7)2/h4H,3H2,1-2H3. The monoisotopic (exact) mass is 216 g/mol. The van der Waals surface area contributed by atoms with Crippen LogP contribution >= 0.6 is 11.6 Å². The van der Waals surface area contributed by atoms with Crippen molar-refractivity contribution in [2.24, 2.45) is 7.05 Å². The Morgan fingerprint density at radius 1 is 1.64 bits per heavy atom. The van der Waals surface area contributed by atoms with Crippen LogP contribution in [0.2, 0.25) is 5.15 Å². The van der Waals surface area contributed by atoms with E-state index in [2.05, 4.69) is 9.72 Å². The number of halogens is 1. The van der Waals surface area contributed by atoms with E-state index < -0.39 is 11.8 Å². The minimum Gasteiger partial charge on any atom is -0.460 e. The number of carbonyl (C=O) groups excluding carboxylic acids is 2. The lowest BCUT2D eigenvalue weighted by atomic mass is 10.4. The van der Waals surface area contributed by atoms with Gasteiger partial charge in [0.15, 0.2) is 5.82 Å². The van der Waals surface area contributed by atoms with Crippen LogP contribution in [0.3, 0.4) is 0 Å². The van der Waals surface area contributed by atoms with Crippen LogP contribution in [-0.2, 0) is 16.6 Å². The number of ketones is 1. The van der Waals surface area contributed by atoms with Crippen molar-refractivity contribution in [2.75, 3.05) is 6.61 Å². The van der Waals surface area contributed by atoms with Crippen molar-refractivity contribution in [1.82, 2.24) is 9.55 Å². The molecule has 0 aliphatic rings. The van der Waals surface area contributed by atoms with Crippen LogP contribution in [0.5, 0.6) is 0 Å². The Balaban J connectivity index is 2.90. The molecular weight excluding hydrogens is 208 g/mol. The van der Waals surface area contributed by atoms with Gasteiger partial charge in [0.05, 0.1) is 12.8 Å². The highest BCUT2D eigenvalue weighted by Gasteiger charge is 2.22. The van der Waals surface area contributed by atoms with E-state index in [1.165, 1.54) is 10.8 Å². The van der Waals surface area contributed by atoms with Gasteiger partial charge in [-0.05, 0) is 6.92 Å². The molecule has 1 heterocycles. The zero-order valence-electron chi connectivity index (χ0n) is 7.78. The molecule has 0 saturated heterocycles. The molecular formula is C8H9ClN2O3. The molecule has 0 fully saturated rings. The first kappa shape index (κ1) is 10.7. The zero-order valence-corrected chi connectivity index (χ0v) is 8.54. The third-order valence-electron chi connectivity index (χ3n) is 1.60. The quantitative estimate of drug-likeness (QED) is 0.426. The van der Waals surface area contributed by atoms with Crippen LogP contribution in [0.1, 0.15) is 17.5 Å². The molecule has 0 spiro atoms. The number of imidazole rings is 1. The van der Waals surface area contributed by atoms with Gasteiger partial charge in [-0.25, -0.2) is 9.78 Å². The van der Waals surface area contributed by atoms with E-state index in [0.29, 0.717) is 0 Å². The van der Waals surface area contributed by atoms with Gasteiger partial charge in [-0.3, -0.25) is 4.79 Å². The summed E-state index contributed by atoms with van der Waals surface area (Å²) in [7, 11) is 1.54. The van der Waals surface area contributed by atoms with Gasteiger partial charge < -0.3 is 9.30 Å². The summed E-state index contributed by atoms with van der Waals surface area (Å²) < 4.78 is 5.86. The Kier molecular flexibility index (Phi) is 3.24. The fourth-order valence-corrected chi connectivity index (χ4v) is 1.02. The van der Waals surface area contributed by atoms with Crippen LogP contribution < -0.4 is 0 Å². The minimum absolute atomic E-state index is 0.0200. The lowest BCUT2D eigenvalue weighted by molar-refractivity contribution is -0.137. The highest BCUT2D eigenvalue weighted by atomic mass is 35.5. The van der Waals surface area contributed by atoms with Crippen LogP contribution in [0.25, 0.3) is 0 Å². The number of rotatable bonds is 3. The van der Waals surface area contributed by atoms with E-state index in [1.807, 2.05) is 0 Å². The highest BCUT2D eigenvalue weighted by Crippen LogP contribution is 2.09. The van der Waals surface area contributed by atoms with Crippen LogP contribution in [0.15, 0.2) is 6.20 Å². The van der Waals surface area contributed by atoms with Crippen LogP contribution in [-0.4, -0.2) is 27.9 Å². The molecule has 0 bridgehead atoms. The maximum Gasteiger partial charge on any atom is 0.383 e. The van der Waals surface area contributed by atoms with Gasteiger partial charge in [-0.15, -0.1) is 0 Å². The fraction of sp³-hybridized carbons (Fsp3) is 0.375. The van der Waals surface area contributed by atoms with Crippen molar-refractivity contribution >= 4 is 23.4 Å². The molecule has 1 aromatic heterocycles. The molecule has 14 heavy (non-hydrogen) atoms. The number of nitrogens with zero attached hydrogens (tertiary/aromatic N) is 2. The molecule has 0 N–H and O–H groups in total. The summed E-state index contributed by atoms with van der Waals surface area (Å²) >= 11 is 5.65. The number of carbonyl (C=O) groups is 2. The first-order chi connectivity index (χ1) is 6.57. The number of ether oxygens (including phenoxy) is 1. The molecule has 0 unspecified atom stereocenters. The van der Waals surface area contributed by atoms with E-state index in [4.69, 9.17) is 11.6 Å². The average molecular weight is 217 g/mol.